The van der Waals surface area contributed by atoms with Gasteiger partial charge in [-0.3, -0.25) is 4.79 Å². The number of benzene rings is 1. The number of aliphatic carboxylic acids is 1. The molecule has 1 fully saturated rings. The fourth-order valence-corrected chi connectivity index (χ4v) is 2.28. The number of nitrogens with one attached hydrogen (secondary N) is 1. The Morgan fingerprint density at radius 3 is 2.88 bits per heavy atom. The van der Waals surface area contributed by atoms with E-state index in [0.717, 1.165) is 19.4 Å². The molecule has 1 aliphatic rings. The lowest BCUT2D eigenvalue weighted by molar-refractivity contribution is -0.138. The maximum absolute atomic E-state index is 10.7. The molecule has 2 unspecified atom stereocenters. The van der Waals surface area contributed by atoms with Gasteiger partial charge < -0.3 is 10.4 Å². The van der Waals surface area contributed by atoms with Crippen LogP contribution in [0.5, 0.6) is 0 Å². The molecule has 2 atom stereocenters. The lowest BCUT2D eigenvalue weighted by Crippen LogP contribution is -2.10. The first kappa shape index (κ1) is 12.0. The van der Waals surface area contributed by atoms with Crippen molar-refractivity contribution in [3.05, 3.63) is 29.3 Å². The van der Waals surface area contributed by atoms with Gasteiger partial charge in [0.15, 0.2) is 0 Å². The number of hydrogen-bond acceptors (Lipinski definition) is 2. The second-order valence-electron chi connectivity index (χ2n) is 4.78. The summed E-state index contributed by atoms with van der Waals surface area (Å²) in [4.78, 5) is 10.7. The van der Waals surface area contributed by atoms with Crippen molar-refractivity contribution in [2.24, 2.45) is 11.8 Å². The summed E-state index contributed by atoms with van der Waals surface area (Å²) in [5.41, 5.74) is 3.72. The molecule has 0 aliphatic heterocycles. The molecule has 92 valence electrons. The molecule has 17 heavy (non-hydrogen) atoms. The van der Waals surface area contributed by atoms with E-state index in [1.165, 1.54) is 16.8 Å². The zero-order valence-corrected chi connectivity index (χ0v) is 10.4. The van der Waals surface area contributed by atoms with Crippen LogP contribution < -0.4 is 5.32 Å². The quantitative estimate of drug-likeness (QED) is 0.822. The fraction of sp³-hybridized carbons (Fsp3) is 0.500. The van der Waals surface area contributed by atoms with Crippen molar-refractivity contribution in [3.63, 3.8) is 0 Å². The Hall–Kier alpha value is -1.51. The van der Waals surface area contributed by atoms with Crippen LogP contribution in [0, 0.1) is 18.8 Å². The van der Waals surface area contributed by atoms with Gasteiger partial charge in [0.05, 0.1) is 5.92 Å². The molecule has 0 aromatic heterocycles. The number of hydrogen-bond donors (Lipinski definition) is 2. The van der Waals surface area contributed by atoms with Gasteiger partial charge in [-0.05, 0) is 36.8 Å². The number of rotatable bonds is 5. The van der Waals surface area contributed by atoms with Crippen LogP contribution in [0.3, 0.4) is 0 Å². The molecule has 1 aliphatic carbocycles. The molecule has 3 nitrogen and oxygen atoms in total. The van der Waals surface area contributed by atoms with Crippen LogP contribution in [0.2, 0.25) is 0 Å². The Labute approximate surface area is 102 Å². The highest BCUT2D eigenvalue weighted by Crippen LogP contribution is 2.39. The van der Waals surface area contributed by atoms with Crippen molar-refractivity contribution in [2.45, 2.75) is 26.7 Å². The first-order valence-electron chi connectivity index (χ1n) is 6.18. The van der Waals surface area contributed by atoms with Crippen LogP contribution >= 0.6 is 0 Å². The Morgan fingerprint density at radius 1 is 1.53 bits per heavy atom. The third-order valence-electron chi connectivity index (χ3n) is 3.52. The van der Waals surface area contributed by atoms with E-state index >= 15 is 0 Å². The SMILES string of the molecule is CCc1cccc(C)c1NCC1CC1C(=O)O. The standard InChI is InChI=1S/C14H19NO2/c1-3-10-6-4-5-9(2)13(10)15-8-11-7-12(11)14(16)17/h4-6,11-12,15H,3,7-8H2,1-2H3,(H,16,17). The second kappa shape index (κ2) is 4.78. The van der Waals surface area contributed by atoms with Crippen molar-refractivity contribution in [1.29, 1.82) is 0 Å². The summed E-state index contributed by atoms with van der Waals surface area (Å²) in [5.74, 6) is -0.481. The lowest BCUT2D eigenvalue weighted by Gasteiger charge is -2.13. The highest BCUT2D eigenvalue weighted by Gasteiger charge is 2.42. The maximum Gasteiger partial charge on any atom is 0.306 e. The summed E-state index contributed by atoms with van der Waals surface area (Å²) in [6.45, 7) is 5.00. The fourth-order valence-electron chi connectivity index (χ4n) is 2.28. The van der Waals surface area contributed by atoms with Gasteiger partial charge in [-0.15, -0.1) is 0 Å². The Balaban J connectivity index is 1.98. The summed E-state index contributed by atoms with van der Waals surface area (Å²) in [6.07, 6.45) is 1.81. The molecule has 0 saturated heterocycles. The van der Waals surface area contributed by atoms with Gasteiger partial charge in [0.25, 0.3) is 0 Å². The van der Waals surface area contributed by atoms with Gasteiger partial charge in [-0.2, -0.15) is 0 Å². The average molecular weight is 233 g/mol. The first-order chi connectivity index (χ1) is 8.13. The maximum atomic E-state index is 10.7. The molecule has 0 spiro atoms. The third kappa shape index (κ3) is 2.60. The van der Waals surface area contributed by atoms with Gasteiger partial charge in [-0.1, -0.05) is 25.1 Å². The monoisotopic (exact) mass is 233 g/mol. The van der Waals surface area contributed by atoms with E-state index in [-0.39, 0.29) is 5.92 Å². The van der Waals surface area contributed by atoms with Gasteiger partial charge in [0.2, 0.25) is 0 Å². The molecular weight excluding hydrogens is 214 g/mol. The van der Waals surface area contributed by atoms with E-state index in [9.17, 15) is 4.79 Å². The lowest BCUT2D eigenvalue weighted by atomic mass is 10.1. The van der Waals surface area contributed by atoms with Crippen molar-refractivity contribution in [1.82, 2.24) is 0 Å². The molecular formula is C14H19NO2. The predicted molar refractivity (Wildman–Crippen MR) is 68.3 cm³/mol. The average Bonchev–Trinajstić information content (AvgIpc) is 3.06. The topological polar surface area (TPSA) is 49.3 Å². The van der Waals surface area contributed by atoms with E-state index in [2.05, 4.69) is 37.4 Å². The van der Waals surface area contributed by atoms with Crippen molar-refractivity contribution >= 4 is 11.7 Å². The molecule has 1 aromatic carbocycles. The van der Waals surface area contributed by atoms with Crippen molar-refractivity contribution < 1.29 is 9.90 Å². The van der Waals surface area contributed by atoms with E-state index in [4.69, 9.17) is 5.11 Å². The Kier molecular flexibility index (Phi) is 3.36. The van der Waals surface area contributed by atoms with Crippen LogP contribution in [-0.4, -0.2) is 17.6 Å². The normalized spacial score (nSPS) is 22.2. The largest absolute Gasteiger partial charge is 0.481 e. The van der Waals surface area contributed by atoms with Crippen LogP contribution in [0.25, 0.3) is 0 Å². The minimum Gasteiger partial charge on any atom is -0.481 e. The number of anilines is 1. The third-order valence-corrected chi connectivity index (χ3v) is 3.52. The van der Waals surface area contributed by atoms with Crippen LogP contribution in [0.15, 0.2) is 18.2 Å². The minimum atomic E-state index is -0.655. The Morgan fingerprint density at radius 2 is 2.29 bits per heavy atom. The minimum absolute atomic E-state index is 0.128. The number of carboxylic acids is 1. The summed E-state index contributed by atoms with van der Waals surface area (Å²) in [5, 5.41) is 12.3. The van der Waals surface area contributed by atoms with Crippen LogP contribution in [0.1, 0.15) is 24.5 Å². The molecule has 0 radical (unpaired) electrons. The van der Waals surface area contributed by atoms with Gasteiger partial charge in [0.1, 0.15) is 0 Å². The number of carboxylic acid groups (broad SMARTS) is 1. The molecule has 2 rings (SSSR count). The molecule has 0 amide bonds. The summed E-state index contributed by atoms with van der Waals surface area (Å²) < 4.78 is 0. The smallest absolute Gasteiger partial charge is 0.306 e. The van der Waals surface area contributed by atoms with Gasteiger partial charge in [-0.25, -0.2) is 0 Å². The summed E-state index contributed by atoms with van der Waals surface area (Å²) >= 11 is 0. The summed E-state index contributed by atoms with van der Waals surface area (Å²) in [6, 6.07) is 6.27. The van der Waals surface area contributed by atoms with Crippen molar-refractivity contribution in [3.8, 4) is 0 Å². The van der Waals surface area contributed by atoms with E-state index < -0.39 is 5.97 Å². The van der Waals surface area contributed by atoms with E-state index in [0.29, 0.717) is 5.92 Å². The first-order valence-corrected chi connectivity index (χ1v) is 6.18. The van der Waals surface area contributed by atoms with E-state index in [1.54, 1.807) is 0 Å². The van der Waals surface area contributed by atoms with Crippen LogP contribution in [0.4, 0.5) is 5.69 Å². The molecule has 1 saturated carbocycles. The highest BCUT2D eigenvalue weighted by atomic mass is 16.4. The number of aryl methyl sites for hydroxylation is 2. The second-order valence-corrected chi connectivity index (χ2v) is 4.78. The molecule has 3 heteroatoms. The zero-order chi connectivity index (χ0) is 12.4. The highest BCUT2D eigenvalue weighted by molar-refractivity contribution is 5.73. The van der Waals surface area contributed by atoms with Gasteiger partial charge in [0, 0.05) is 12.2 Å². The zero-order valence-electron chi connectivity index (χ0n) is 10.4. The molecule has 1 aromatic rings. The van der Waals surface area contributed by atoms with Gasteiger partial charge >= 0.3 is 5.97 Å². The number of para-hydroxylation sites is 1. The number of carbonyl (C=O) groups is 1. The predicted octanol–water partition coefficient (Wildman–Crippen LogP) is 2.69. The van der Waals surface area contributed by atoms with Crippen molar-refractivity contribution in [2.75, 3.05) is 11.9 Å². The summed E-state index contributed by atoms with van der Waals surface area (Å²) in [7, 11) is 0. The van der Waals surface area contributed by atoms with Crippen LogP contribution in [-0.2, 0) is 11.2 Å². The molecule has 2 N–H and O–H groups in total. The molecule has 0 heterocycles. The molecule has 0 bridgehead atoms. The Bertz CT molecular complexity index is 428. The van der Waals surface area contributed by atoms with E-state index in [1.807, 2.05) is 0 Å².